The minimum atomic E-state index is -0.580. The largest absolute Gasteiger partial charge is 0.459 e. The molecule has 0 spiro atoms. The normalized spacial score (nSPS) is 18.3. The summed E-state index contributed by atoms with van der Waals surface area (Å²) in [6.07, 6.45) is -0.240. The summed E-state index contributed by atoms with van der Waals surface area (Å²) in [5, 5.41) is 5.86. The number of hydrogen-bond donors (Lipinski definition) is 2. The van der Waals surface area contributed by atoms with Gasteiger partial charge in [-0.2, -0.15) is 0 Å². The van der Waals surface area contributed by atoms with Crippen LogP contribution in [-0.2, 0) is 9.53 Å². The third-order valence-electron chi connectivity index (χ3n) is 3.01. The molecule has 1 atom stereocenters. The van der Waals surface area contributed by atoms with E-state index in [1.54, 1.807) is 45.0 Å². The molecule has 112 valence electrons. The van der Waals surface area contributed by atoms with Crippen LogP contribution in [-0.4, -0.2) is 18.1 Å². The number of nitrogens with one attached hydrogen (secondary N) is 2. The van der Waals surface area contributed by atoms with Crippen molar-refractivity contribution in [2.24, 2.45) is 0 Å². The highest BCUT2D eigenvalue weighted by molar-refractivity contribution is 6.30. The molecule has 2 rings (SSSR count). The van der Waals surface area contributed by atoms with Crippen molar-refractivity contribution in [3.8, 4) is 0 Å². The molecule has 0 aliphatic carbocycles. The van der Waals surface area contributed by atoms with Gasteiger partial charge < -0.3 is 15.4 Å². The highest BCUT2D eigenvalue weighted by atomic mass is 35.5. The lowest BCUT2D eigenvalue weighted by Gasteiger charge is -2.28. The van der Waals surface area contributed by atoms with Crippen molar-refractivity contribution in [3.63, 3.8) is 0 Å². The molecule has 0 saturated heterocycles. The van der Waals surface area contributed by atoms with Gasteiger partial charge in [-0.25, -0.2) is 9.59 Å². The van der Waals surface area contributed by atoms with Crippen molar-refractivity contribution in [1.29, 1.82) is 0 Å². The number of esters is 1. The van der Waals surface area contributed by atoms with E-state index in [4.69, 9.17) is 16.3 Å². The van der Waals surface area contributed by atoms with Crippen molar-refractivity contribution in [3.05, 3.63) is 46.1 Å². The van der Waals surface area contributed by atoms with E-state index >= 15 is 0 Å². The fraction of sp³-hybridized carbons (Fsp3) is 0.333. The molecular weight excluding hydrogens is 292 g/mol. The zero-order valence-corrected chi connectivity index (χ0v) is 12.8. The molecule has 2 amide bonds. The molecule has 1 aromatic rings. The molecule has 5 nitrogen and oxygen atoms in total. The molecule has 1 aromatic carbocycles. The van der Waals surface area contributed by atoms with E-state index in [9.17, 15) is 9.59 Å². The molecule has 0 aromatic heterocycles. The quantitative estimate of drug-likeness (QED) is 0.844. The number of hydrogen-bond acceptors (Lipinski definition) is 3. The maximum atomic E-state index is 12.3. The Morgan fingerprint density at radius 3 is 2.71 bits per heavy atom. The number of amides is 2. The number of carbonyl (C=O) groups excluding carboxylic acids is 2. The number of allylic oxidation sites excluding steroid dienone is 1. The standard InChI is InChI=1S/C15H17ClN2O3/c1-8(2)21-14(19)12-9(3)17-15(20)18-13(12)10-5-4-6-11(16)7-10/h4-8,13H,1-3H3,(H2,17,18,20). The number of halogens is 1. The Labute approximate surface area is 128 Å². The van der Waals surface area contributed by atoms with Crippen LogP contribution in [0.15, 0.2) is 35.5 Å². The molecule has 2 N–H and O–H groups in total. The van der Waals surface area contributed by atoms with Gasteiger partial charge in [0.05, 0.1) is 17.7 Å². The van der Waals surface area contributed by atoms with E-state index < -0.39 is 12.0 Å². The van der Waals surface area contributed by atoms with Crippen LogP contribution in [0.5, 0.6) is 0 Å². The van der Waals surface area contributed by atoms with Crippen molar-refractivity contribution in [2.75, 3.05) is 0 Å². The maximum Gasteiger partial charge on any atom is 0.338 e. The predicted octanol–water partition coefficient (Wildman–Crippen LogP) is 2.92. The number of urea groups is 1. The Morgan fingerprint density at radius 1 is 1.38 bits per heavy atom. The number of benzene rings is 1. The predicted molar refractivity (Wildman–Crippen MR) is 79.8 cm³/mol. The zero-order valence-electron chi connectivity index (χ0n) is 12.1. The smallest absolute Gasteiger partial charge is 0.338 e. The summed E-state index contributed by atoms with van der Waals surface area (Å²) in [6.45, 7) is 5.22. The van der Waals surface area contributed by atoms with Crippen molar-refractivity contribution in [1.82, 2.24) is 10.6 Å². The van der Waals surface area contributed by atoms with Gasteiger partial charge in [-0.05, 0) is 38.5 Å². The van der Waals surface area contributed by atoms with Gasteiger partial charge in [0.15, 0.2) is 0 Å². The number of ether oxygens (including phenoxy) is 1. The average Bonchev–Trinajstić information content (AvgIpc) is 2.36. The van der Waals surface area contributed by atoms with Gasteiger partial charge in [0.25, 0.3) is 0 Å². The average molecular weight is 309 g/mol. The second-order valence-electron chi connectivity index (χ2n) is 5.08. The van der Waals surface area contributed by atoms with Gasteiger partial charge in [0.1, 0.15) is 0 Å². The first kappa shape index (κ1) is 15.4. The summed E-state index contributed by atoms with van der Waals surface area (Å²) < 4.78 is 5.26. The Morgan fingerprint density at radius 2 is 2.10 bits per heavy atom. The minimum absolute atomic E-state index is 0.240. The summed E-state index contributed by atoms with van der Waals surface area (Å²) >= 11 is 5.99. The molecule has 6 heteroatoms. The van der Waals surface area contributed by atoms with Gasteiger partial charge in [-0.15, -0.1) is 0 Å². The van der Waals surface area contributed by atoms with Crippen molar-refractivity contribution < 1.29 is 14.3 Å². The first-order valence-electron chi connectivity index (χ1n) is 6.63. The van der Waals surface area contributed by atoms with Crippen LogP contribution in [0.3, 0.4) is 0 Å². The summed E-state index contributed by atoms with van der Waals surface area (Å²) in [4.78, 5) is 24.0. The van der Waals surface area contributed by atoms with Crippen molar-refractivity contribution >= 4 is 23.6 Å². The third-order valence-corrected chi connectivity index (χ3v) is 3.25. The summed E-state index contributed by atoms with van der Waals surface area (Å²) in [5.74, 6) is -0.458. The Hall–Kier alpha value is -2.01. The van der Waals surface area contributed by atoms with E-state index in [0.29, 0.717) is 16.3 Å². The summed E-state index contributed by atoms with van der Waals surface area (Å²) in [6, 6.07) is 6.08. The Bertz CT molecular complexity index is 611. The lowest BCUT2D eigenvalue weighted by Crippen LogP contribution is -2.45. The van der Waals surface area contributed by atoms with Gasteiger partial charge >= 0.3 is 12.0 Å². The van der Waals surface area contributed by atoms with E-state index in [0.717, 1.165) is 5.56 Å². The monoisotopic (exact) mass is 308 g/mol. The topological polar surface area (TPSA) is 67.4 Å². The molecule has 1 aliphatic heterocycles. The van der Waals surface area contributed by atoms with E-state index in [-0.39, 0.29) is 12.1 Å². The molecular formula is C15H17ClN2O3. The lowest BCUT2D eigenvalue weighted by molar-refractivity contribution is -0.143. The van der Waals surface area contributed by atoms with Crippen LogP contribution in [0.25, 0.3) is 0 Å². The number of carbonyl (C=O) groups is 2. The lowest BCUT2D eigenvalue weighted by atomic mass is 9.95. The SMILES string of the molecule is CC1=C(C(=O)OC(C)C)C(c2cccc(Cl)c2)NC(=O)N1. The highest BCUT2D eigenvalue weighted by Gasteiger charge is 2.32. The molecule has 1 unspecified atom stereocenters. The van der Waals surface area contributed by atoms with Gasteiger partial charge in [0.2, 0.25) is 0 Å². The van der Waals surface area contributed by atoms with Crippen LogP contribution in [0, 0.1) is 0 Å². The summed E-state index contributed by atoms with van der Waals surface area (Å²) in [7, 11) is 0. The van der Waals surface area contributed by atoms with E-state index in [2.05, 4.69) is 10.6 Å². The highest BCUT2D eigenvalue weighted by Crippen LogP contribution is 2.29. The molecule has 0 fully saturated rings. The molecule has 1 heterocycles. The van der Waals surface area contributed by atoms with Gasteiger partial charge in [0, 0.05) is 10.7 Å². The van der Waals surface area contributed by atoms with Crippen LogP contribution < -0.4 is 10.6 Å². The second-order valence-corrected chi connectivity index (χ2v) is 5.52. The first-order valence-corrected chi connectivity index (χ1v) is 7.01. The van der Waals surface area contributed by atoms with Crippen LogP contribution >= 0.6 is 11.6 Å². The van der Waals surface area contributed by atoms with Crippen molar-refractivity contribution in [2.45, 2.75) is 32.9 Å². The van der Waals surface area contributed by atoms with Gasteiger partial charge in [-0.3, -0.25) is 0 Å². The fourth-order valence-corrected chi connectivity index (χ4v) is 2.38. The molecule has 0 saturated carbocycles. The third kappa shape index (κ3) is 3.55. The zero-order chi connectivity index (χ0) is 15.6. The second kappa shape index (κ2) is 6.18. The van der Waals surface area contributed by atoms with Crippen LogP contribution in [0.1, 0.15) is 32.4 Å². The van der Waals surface area contributed by atoms with Crippen LogP contribution in [0.4, 0.5) is 4.79 Å². The van der Waals surface area contributed by atoms with E-state index in [1.807, 2.05) is 0 Å². The number of rotatable bonds is 3. The minimum Gasteiger partial charge on any atom is -0.459 e. The Kier molecular flexibility index (Phi) is 4.53. The Balaban J connectivity index is 2.43. The van der Waals surface area contributed by atoms with E-state index in [1.165, 1.54) is 0 Å². The fourth-order valence-electron chi connectivity index (χ4n) is 2.18. The molecule has 0 radical (unpaired) electrons. The molecule has 0 bridgehead atoms. The first-order chi connectivity index (χ1) is 9.88. The summed E-state index contributed by atoms with van der Waals surface area (Å²) in [5.41, 5.74) is 1.59. The molecule has 21 heavy (non-hydrogen) atoms. The van der Waals surface area contributed by atoms with Crippen LogP contribution in [0.2, 0.25) is 5.02 Å². The molecule has 1 aliphatic rings. The van der Waals surface area contributed by atoms with Gasteiger partial charge in [-0.1, -0.05) is 23.7 Å². The maximum absolute atomic E-state index is 12.3.